The Hall–Kier alpha value is -1.84. The molecule has 0 aliphatic rings. The van der Waals surface area contributed by atoms with E-state index >= 15 is 0 Å². The average molecular weight is 221 g/mol. The Kier molecular flexibility index (Phi) is 4.51. The van der Waals surface area contributed by atoms with Gasteiger partial charge in [-0.3, -0.25) is 4.79 Å². The highest BCUT2D eigenvalue weighted by molar-refractivity contribution is 5.89. The molecule has 0 heterocycles. The summed E-state index contributed by atoms with van der Waals surface area (Å²) >= 11 is 0. The molecular weight excluding hydrogens is 206 g/mol. The normalized spacial score (nSPS) is 9.62. The summed E-state index contributed by atoms with van der Waals surface area (Å²) in [6.45, 7) is 2.16. The predicted molar refractivity (Wildman–Crippen MR) is 61.6 cm³/mol. The van der Waals surface area contributed by atoms with Crippen molar-refractivity contribution in [1.29, 1.82) is 0 Å². The van der Waals surface area contributed by atoms with Gasteiger partial charge in [0, 0.05) is 18.7 Å². The SMILES string of the molecule is COC(=O)c1ccc(NCCC(C)=O)cc1. The maximum Gasteiger partial charge on any atom is 0.337 e. The second-order valence-electron chi connectivity index (χ2n) is 3.45. The summed E-state index contributed by atoms with van der Waals surface area (Å²) < 4.78 is 4.58. The van der Waals surface area contributed by atoms with Crippen LogP contribution in [0.1, 0.15) is 23.7 Å². The summed E-state index contributed by atoms with van der Waals surface area (Å²) in [6.07, 6.45) is 0.499. The number of ketones is 1. The summed E-state index contributed by atoms with van der Waals surface area (Å²) in [5.41, 5.74) is 1.40. The van der Waals surface area contributed by atoms with Gasteiger partial charge in [-0.1, -0.05) is 0 Å². The van der Waals surface area contributed by atoms with Crippen LogP contribution in [0.25, 0.3) is 0 Å². The summed E-state index contributed by atoms with van der Waals surface area (Å²) in [7, 11) is 1.35. The molecule has 1 rings (SSSR count). The molecule has 0 saturated carbocycles. The molecule has 1 aromatic carbocycles. The lowest BCUT2D eigenvalue weighted by atomic mass is 10.2. The first-order chi connectivity index (χ1) is 7.63. The van der Waals surface area contributed by atoms with Crippen LogP contribution in [-0.4, -0.2) is 25.4 Å². The highest BCUT2D eigenvalue weighted by Gasteiger charge is 2.03. The second-order valence-corrected chi connectivity index (χ2v) is 3.45. The fourth-order valence-corrected chi connectivity index (χ4v) is 1.22. The Balaban J connectivity index is 2.51. The van der Waals surface area contributed by atoms with E-state index in [0.717, 1.165) is 5.69 Å². The zero-order valence-corrected chi connectivity index (χ0v) is 9.45. The summed E-state index contributed by atoms with van der Waals surface area (Å²) in [5, 5.41) is 3.09. The first kappa shape index (κ1) is 12.2. The van der Waals surface area contributed by atoms with Crippen LogP contribution in [0.15, 0.2) is 24.3 Å². The van der Waals surface area contributed by atoms with Crippen LogP contribution in [0.3, 0.4) is 0 Å². The Labute approximate surface area is 94.6 Å². The van der Waals surface area contributed by atoms with E-state index < -0.39 is 0 Å². The summed E-state index contributed by atoms with van der Waals surface area (Å²) in [5.74, 6) is -0.200. The van der Waals surface area contributed by atoms with E-state index in [2.05, 4.69) is 10.1 Å². The number of benzene rings is 1. The molecule has 1 aromatic rings. The van der Waals surface area contributed by atoms with Crippen molar-refractivity contribution in [3.63, 3.8) is 0 Å². The molecule has 0 aliphatic carbocycles. The minimum Gasteiger partial charge on any atom is -0.465 e. The highest BCUT2D eigenvalue weighted by atomic mass is 16.5. The van der Waals surface area contributed by atoms with Crippen molar-refractivity contribution >= 4 is 17.4 Å². The summed E-state index contributed by atoms with van der Waals surface area (Å²) in [4.78, 5) is 21.9. The van der Waals surface area contributed by atoms with Gasteiger partial charge in [0.1, 0.15) is 5.78 Å². The van der Waals surface area contributed by atoms with E-state index in [1.807, 2.05) is 0 Å². The Bertz CT molecular complexity index is 370. The number of nitrogens with one attached hydrogen (secondary N) is 1. The van der Waals surface area contributed by atoms with Gasteiger partial charge in [-0.05, 0) is 31.2 Å². The molecule has 4 heteroatoms. The monoisotopic (exact) mass is 221 g/mol. The van der Waals surface area contributed by atoms with Crippen molar-refractivity contribution in [3.8, 4) is 0 Å². The number of ether oxygens (including phenoxy) is 1. The van der Waals surface area contributed by atoms with Gasteiger partial charge in [0.05, 0.1) is 12.7 Å². The van der Waals surface area contributed by atoms with Crippen LogP contribution < -0.4 is 5.32 Å². The Morgan fingerprint density at radius 2 is 1.88 bits per heavy atom. The largest absolute Gasteiger partial charge is 0.465 e. The van der Waals surface area contributed by atoms with Gasteiger partial charge in [-0.15, -0.1) is 0 Å². The summed E-state index contributed by atoms with van der Waals surface area (Å²) in [6, 6.07) is 6.93. The minimum absolute atomic E-state index is 0.152. The predicted octanol–water partition coefficient (Wildman–Crippen LogP) is 1.86. The van der Waals surface area contributed by atoms with Crippen molar-refractivity contribution < 1.29 is 14.3 Å². The number of rotatable bonds is 5. The van der Waals surface area contributed by atoms with Crippen LogP contribution >= 0.6 is 0 Å². The van der Waals surface area contributed by atoms with Gasteiger partial charge in [-0.2, -0.15) is 0 Å². The maximum absolute atomic E-state index is 11.1. The zero-order chi connectivity index (χ0) is 12.0. The van der Waals surface area contributed by atoms with E-state index in [4.69, 9.17) is 0 Å². The fourth-order valence-electron chi connectivity index (χ4n) is 1.22. The van der Waals surface area contributed by atoms with Gasteiger partial charge < -0.3 is 10.1 Å². The number of anilines is 1. The van der Waals surface area contributed by atoms with Gasteiger partial charge in [0.2, 0.25) is 0 Å². The van der Waals surface area contributed by atoms with Gasteiger partial charge in [-0.25, -0.2) is 4.79 Å². The Morgan fingerprint density at radius 3 is 2.38 bits per heavy atom. The molecule has 0 unspecified atom stereocenters. The molecule has 86 valence electrons. The van der Waals surface area contributed by atoms with Crippen LogP contribution in [0.2, 0.25) is 0 Å². The molecule has 0 amide bonds. The van der Waals surface area contributed by atoms with E-state index in [-0.39, 0.29) is 11.8 Å². The van der Waals surface area contributed by atoms with E-state index in [9.17, 15) is 9.59 Å². The third-order valence-electron chi connectivity index (χ3n) is 2.11. The molecule has 16 heavy (non-hydrogen) atoms. The molecule has 0 atom stereocenters. The molecular formula is C12H15NO3. The average Bonchev–Trinajstić information content (AvgIpc) is 2.28. The molecule has 1 N–H and O–H groups in total. The number of hydrogen-bond acceptors (Lipinski definition) is 4. The van der Waals surface area contributed by atoms with Crippen LogP contribution in [0, 0.1) is 0 Å². The zero-order valence-electron chi connectivity index (χ0n) is 9.45. The standard InChI is InChI=1S/C12H15NO3/c1-9(14)7-8-13-11-5-3-10(4-6-11)12(15)16-2/h3-6,13H,7-8H2,1-2H3. The molecule has 0 radical (unpaired) electrons. The van der Waals surface area contributed by atoms with E-state index in [1.165, 1.54) is 7.11 Å². The third kappa shape index (κ3) is 3.73. The van der Waals surface area contributed by atoms with E-state index in [1.54, 1.807) is 31.2 Å². The smallest absolute Gasteiger partial charge is 0.337 e. The van der Waals surface area contributed by atoms with Crippen molar-refractivity contribution in [3.05, 3.63) is 29.8 Å². The maximum atomic E-state index is 11.1. The lowest BCUT2D eigenvalue weighted by Gasteiger charge is -2.05. The fraction of sp³-hybridized carbons (Fsp3) is 0.333. The number of esters is 1. The molecule has 0 spiro atoms. The Morgan fingerprint density at radius 1 is 1.25 bits per heavy atom. The lowest BCUT2D eigenvalue weighted by Crippen LogP contribution is -2.06. The van der Waals surface area contributed by atoms with Crippen molar-refractivity contribution in [2.24, 2.45) is 0 Å². The highest BCUT2D eigenvalue weighted by Crippen LogP contribution is 2.10. The number of methoxy groups -OCH3 is 1. The van der Waals surface area contributed by atoms with Crippen LogP contribution in [0.4, 0.5) is 5.69 Å². The molecule has 0 fully saturated rings. The lowest BCUT2D eigenvalue weighted by molar-refractivity contribution is -0.116. The van der Waals surface area contributed by atoms with Crippen LogP contribution in [-0.2, 0) is 9.53 Å². The number of carbonyl (C=O) groups excluding carboxylic acids is 2. The topological polar surface area (TPSA) is 55.4 Å². The van der Waals surface area contributed by atoms with Gasteiger partial charge in [0.25, 0.3) is 0 Å². The van der Waals surface area contributed by atoms with Crippen LogP contribution in [0.5, 0.6) is 0 Å². The molecule has 0 aromatic heterocycles. The molecule has 0 aliphatic heterocycles. The third-order valence-corrected chi connectivity index (χ3v) is 2.11. The van der Waals surface area contributed by atoms with Crippen molar-refractivity contribution in [2.45, 2.75) is 13.3 Å². The van der Waals surface area contributed by atoms with Crippen molar-refractivity contribution in [1.82, 2.24) is 0 Å². The van der Waals surface area contributed by atoms with Gasteiger partial charge in [0.15, 0.2) is 0 Å². The second kappa shape index (κ2) is 5.90. The number of hydrogen-bond donors (Lipinski definition) is 1. The quantitative estimate of drug-likeness (QED) is 0.771. The molecule has 4 nitrogen and oxygen atoms in total. The molecule has 0 saturated heterocycles. The number of carbonyl (C=O) groups is 2. The number of Topliss-reactive ketones (excluding diaryl/α,β-unsaturated/α-hetero) is 1. The van der Waals surface area contributed by atoms with Crippen molar-refractivity contribution in [2.75, 3.05) is 19.0 Å². The van der Waals surface area contributed by atoms with E-state index in [0.29, 0.717) is 18.5 Å². The van der Waals surface area contributed by atoms with Gasteiger partial charge >= 0.3 is 5.97 Å². The first-order valence-electron chi connectivity index (χ1n) is 5.05. The molecule has 0 bridgehead atoms. The first-order valence-corrected chi connectivity index (χ1v) is 5.05. The minimum atomic E-state index is -0.352.